The number of ether oxygens (including phenoxy) is 1. The van der Waals surface area contributed by atoms with Crippen molar-refractivity contribution in [3.8, 4) is 0 Å². The van der Waals surface area contributed by atoms with Gasteiger partial charge in [0.2, 0.25) is 0 Å². The second-order valence-corrected chi connectivity index (χ2v) is 3.31. The van der Waals surface area contributed by atoms with Crippen LogP contribution in [0.25, 0.3) is 0 Å². The first-order chi connectivity index (χ1) is 5.74. The Morgan fingerprint density at radius 1 is 1.50 bits per heavy atom. The van der Waals surface area contributed by atoms with Gasteiger partial charge in [-0.1, -0.05) is 6.92 Å². The Morgan fingerprint density at radius 2 is 2.17 bits per heavy atom. The van der Waals surface area contributed by atoms with Gasteiger partial charge in [-0.2, -0.15) is 0 Å². The number of aliphatic hydroxyl groups excluding tert-OH is 1. The molecule has 0 radical (unpaired) electrons. The van der Waals surface area contributed by atoms with Crippen LogP contribution in [0.1, 0.15) is 26.2 Å². The van der Waals surface area contributed by atoms with E-state index in [4.69, 9.17) is 15.6 Å². The molecule has 3 heteroatoms. The summed E-state index contributed by atoms with van der Waals surface area (Å²) < 4.78 is 4.95. The maximum absolute atomic E-state index is 9.16. The summed E-state index contributed by atoms with van der Waals surface area (Å²) in [6.07, 6.45) is 2.86. The molecule has 3 N–H and O–H groups in total. The fraction of sp³-hybridized carbons (Fsp3) is 1.00. The van der Waals surface area contributed by atoms with Gasteiger partial charge in [-0.05, 0) is 19.3 Å². The lowest BCUT2D eigenvalue weighted by Crippen LogP contribution is -2.33. The monoisotopic (exact) mass is 175 g/mol. The molecule has 1 atom stereocenters. The van der Waals surface area contributed by atoms with E-state index in [9.17, 15) is 0 Å². The molecule has 0 aliphatic heterocycles. The molecular formula is C9H21NO2. The van der Waals surface area contributed by atoms with Gasteiger partial charge in [-0.15, -0.1) is 0 Å². The van der Waals surface area contributed by atoms with Gasteiger partial charge in [0, 0.05) is 32.3 Å². The van der Waals surface area contributed by atoms with Crippen molar-refractivity contribution in [1.29, 1.82) is 0 Å². The number of hydrogen-bond acceptors (Lipinski definition) is 3. The average Bonchev–Trinajstić information content (AvgIpc) is 2.14. The van der Waals surface area contributed by atoms with E-state index in [0.717, 1.165) is 25.9 Å². The first-order valence-corrected chi connectivity index (χ1v) is 4.54. The third-order valence-corrected chi connectivity index (χ3v) is 2.57. The SMILES string of the molecule is CCC(CN)(CO)CCCOC. The van der Waals surface area contributed by atoms with Gasteiger partial charge in [0.15, 0.2) is 0 Å². The number of hydrogen-bond donors (Lipinski definition) is 2. The standard InChI is InChI=1S/C9H21NO2/c1-3-9(7-10,8-11)5-4-6-12-2/h11H,3-8,10H2,1-2H3. The van der Waals surface area contributed by atoms with Crippen LogP contribution >= 0.6 is 0 Å². The molecule has 12 heavy (non-hydrogen) atoms. The van der Waals surface area contributed by atoms with Crippen LogP contribution in [-0.4, -0.2) is 32.0 Å². The summed E-state index contributed by atoms with van der Waals surface area (Å²) in [5.74, 6) is 0. The van der Waals surface area contributed by atoms with Crippen LogP contribution in [0, 0.1) is 5.41 Å². The van der Waals surface area contributed by atoms with Gasteiger partial charge in [0.25, 0.3) is 0 Å². The van der Waals surface area contributed by atoms with Crippen LogP contribution in [0.3, 0.4) is 0 Å². The third kappa shape index (κ3) is 3.52. The normalized spacial score (nSPS) is 16.0. The van der Waals surface area contributed by atoms with Gasteiger partial charge in [-0.3, -0.25) is 0 Å². The fourth-order valence-corrected chi connectivity index (χ4v) is 1.27. The highest BCUT2D eigenvalue weighted by molar-refractivity contribution is 4.77. The Bertz CT molecular complexity index is 94.4. The Hall–Kier alpha value is -0.120. The number of nitrogens with two attached hydrogens (primary N) is 1. The first kappa shape index (κ1) is 11.9. The van der Waals surface area contributed by atoms with E-state index in [1.165, 1.54) is 0 Å². The molecular weight excluding hydrogens is 154 g/mol. The van der Waals surface area contributed by atoms with E-state index in [-0.39, 0.29) is 12.0 Å². The number of rotatable bonds is 7. The zero-order chi connectivity index (χ0) is 9.45. The molecule has 0 spiro atoms. The molecule has 0 heterocycles. The van der Waals surface area contributed by atoms with E-state index in [0.29, 0.717) is 6.54 Å². The summed E-state index contributed by atoms with van der Waals surface area (Å²) >= 11 is 0. The van der Waals surface area contributed by atoms with Gasteiger partial charge >= 0.3 is 0 Å². The van der Waals surface area contributed by atoms with E-state index in [1.54, 1.807) is 7.11 Å². The van der Waals surface area contributed by atoms with Crippen molar-refractivity contribution >= 4 is 0 Å². The largest absolute Gasteiger partial charge is 0.396 e. The topological polar surface area (TPSA) is 55.5 Å². The number of aliphatic hydroxyl groups is 1. The van der Waals surface area contributed by atoms with E-state index in [1.807, 2.05) is 0 Å². The van der Waals surface area contributed by atoms with Crippen molar-refractivity contribution in [2.45, 2.75) is 26.2 Å². The minimum Gasteiger partial charge on any atom is -0.396 e. The quantitative estimate of drug-likeness (QED) is 0.562. The molecule has 0 aliphatic carbocycles. The fourth-order valence-electron chi connectivity index (χ4n) is 1.27. The van der Waals surface area contributed by atoms with Crippen LogP contribution in [-0.2, 0) is 4.74 Å². The molecule has 0 fully saturated rings. The zero-order valence-corrected chi connectivity index (χ0v) is 8.18. The van der Waals surface area contributed by atoms with Gasteiger partial charge in [0.1, 0.15) is 0 Å². The van der Waals surface area contributed by atoms with Crippen molar-refractivity contribution in [3.63, 3.8) is 0 Å². The Balaban J connectivity index is 3.76. The summed E-state index contributed by atoms with van der Waals surface area (Å²) in [7, 11) is 1.69. The first-order valence-electron chi connectivity index (χ1n) is 4.54. The summed E-state index contributed by atoms with van der Waals surface area (Å²) in [5.41, 5.74) is 5.54. The highest BCUT2D eigenvalue weighted by atomic mass is 16.5. The second-order valence-electron chi connectivity index (χ2n) is 3.31. The van der Waals surface area contributed by atoms with E-state index < -0.39 is 0 Å². The predicted molar refractivity (Wildman–Crippen MR) is 50.0 cm³/mol. The summed E-state index contributed by atoms with van der Waals surface area (Å²) in [5, 5.41) is 9.16. The van der Waals surface area contributed by atoms with Crippen molar-refractivity contribution in [3.05, 3.63) is 0 Å². The molecule has 74 valence electrons. The maximum atomic E-state index is 9.16. The highest BCUT2D eigenvalue weighted by Crippen LogP contribution is 2.25. The van der Waals surface area contributed by atoms with Crippen molar-refractivity contribution in [2.24, 2.45) is 11.1 Å². The minimum atomic E-state index is -0.0709. The lowest BCUT2D eigenvalue weighted by Gasteiger charge is -2.28. The summed E-state index contributed by atoms with van der Waals surface area (Å²) in [6, 6.07) is 0. The van der Waals surface area contributed by atoms with Crippen LogP contribution in [0.5, 0.6) is 0 Å². The summed E-state index contributed by atoms with van der Waals surface area (Å²) in [4.78, 5) is 0. The third-order valence-electron chi connectivity index (χ3n) is 2.57. The van der Waals surface area contributed by atoms with Crippen molar-refractivity contribution in [2.75, 3.05) is 26.9 Å². The molecule has 0 aromatic heterocycles. The molecule has 0 bridgehead atoms. The van der Waals surface area contributed by atoms with Gasteiger partial charge < -0.3 is 15.6 Å². The van der Waals surface area contributed by atoms with Crippen LogP contribution < -0.4 is 5.73 Å². The maximum Gasteiger partial charge on any atom is 0.0499 e. The zero-order valence-electron chi connectivity index (χ0n) is 8.18. The molecule has 0 amide bonds. The van der Waals surface area contributed by atoms with Crippen LogP contribution in [0.4, 0.5) is 0 Å². The molecule has 0 aliphatic rings. The molecule has 0 rings (SSSR count). The van der Waals surface area contributed by atoms with Gasteiger partial charge in [0.05, 0.1) is 0 Å². The smallest absolute Gasteiger partial charge is 0.0499 e. The Morgan fingerprint density at radius 3 is 2.50 bits per heavy atom. The molecule has 3 nitrogen and oxygen atoms in total. The van der Waals surface area contributed by atoms with E-state index >= 15 is 0 Å². The Kier molecular flexibility index (Phi) is 6.34. The minimum absolute atomic E-state index is 0.0709. The predicted octanol–water partition coefficient (Wildman–Crippen LogP) is 0.760. The van der Waals surface area contributed by atoms with Crippen LogP contribution in [0.15, 0.2) is 0 Å². The van der Waals surface area contributed by atoms with Crippen LogP contribution in [0.2, 0.25) is 0 Å². The summed E-state index contributed by atoms with van der Waals surface area (Å²) in [6.45, 7) is 3.56. The molecule has 0 saturated heterocycles. The highest BCUT2D eigenvalue weighted by Gasteiger charge is 2.24. The van der Waals surface area contributed by atoms with Crippen molar-refractivity contribution in [1.82, 2.24) is 0 Å². The number of methoxy groups -OCH3 is 1. The van der Waals surface area contributed by atoms with Crippen molar-refractivity contribution < 1.29 is 9.84 Å². The lowest BCUT2D eigenvalue weighted by molar-refractivity contribution is 0.100. The molecule has 1 unspecified atom stereocenters. The molecule has 0 aromatic rings. The van der Waals surface area contributed by atoms with Gasteiger partial charge in [-0.25, -0.2) is 0 Å². The lowest BCUT2D eigenvalue weighted by atomic mass is 9.82. The average molecular weight is 175 g/mol. The molecule has 0 aromatic carbocycles. The second kappa shape index (κ2) is 6.40. The molecule has 0 saturated carbocycles. The van der Waals surface area contributed by atoms with E-state index in [2.05, 4.69) is 6.92 Å². The Labute approximate surface area is 74.9 Å².